The molecule has 1 heterocycles. The van der Waals surface area contributed by atoms with Crippen molar-refractivity contribution < 1.29 is 23.2 Å². The maximum atomic E-state index is 11.2. The highest BCUT2D eigenvalue weighted by molar-refractivity contribution is 6.73. The van der Waals surface area contributed by atoms with Gasteiger partial charge in [0.25, 0.3) is 11.9 Å². The van der Waals surface area contributed by atoms with Gasteiger partial charge in [0.15, 0.2) is 0 Å². The van der Waals surface area contributed by atoms with E-state index in [-0.39, 0.29) is 11.1 Å². The molecule has 0 radical (unpaired) electrons. The summed E-state index contributed by atoms with van der Waals surface area (Å²) in [7, 11) is -2.84. The molecule has 0 N–H and O–H groups in total. The van der Waals surface area contributed by atoms with Crippen molar-refractivity contribution in [2.24, 2.45) is 0 Å². The molecule has 0 aromatic heterocycles. The number of hydrogen-bond donors (Lipinski definition) is 0. The first-order valence-electron chi connectivity index (χ1n) is 5.35. The molecule has 1 saturated heterocycles. The average Bonchev–Trinajstić information content (AvgIpc) is 1.96. The van der Waals surface area contributed by atoms with Crippen molar-refractivity contribution in [3.05, 3.63) is 0 Å². The summed E-state index contributed by atoms with van der Waals surface area (Å²) in [6.07, 6.45) is 0. The molecule has 1 aliphatic heterocycles. The number of carbonyl (C=O) groups is 2. The molecule has 0 amide bonds. The monoisotopic (exact) mass is 246 g/mol. The maximum absolute atomic E-state index is 11.2. The largest absolute Gasteiger partial charge is 0.485 e. The van der Waals surface area contributed by atoms with Crippen LogP contribution in [0.5, 0.6) is 0 Å². The number of hydrogen-bond acceptors (Lipinski definition) is 5. The highest BCUT2D eigenvalue weighted by Crippen LogP contribution is 2.39. The van der Waals surface area contributed by atoms with Crippen molar-refractivity contribution in [1.29, 1.82) is 0 Å². The second kappa shape index (κ2) is 4.97. The predicted molar refractivity (Wildman–Crippen MR) is 59.0 cm³/mol. The van der Waals surface area contributed by atoms with Gasteiger partial charge in [0.1, 0.15) is 0 Å². The summed E-state index contributed by atoms with van der Waals surface area (Å²) in [4.78, 5) is 22.3. The molecule has 16 heavy (non-hydrogen) atoms. The first-order chi connectivity index (χ1) is 7.38. The Balaban J connectivity index is 2.92. The van der Waals surface area contributed by atoms with Gasteiger partial charge in [-0.1, -0.05) is 13.8 Å². The third kappa shape index (κ3) is 2.62. The zero-order valence-corrected chi connectivity index (χ0v) is 11.1. The van der Waals surface area contributed by atoms with Crippen LogP contribution in [0.15, 0.2) is 0 Å². The van der Waals surface area contributed by atoms with Gasteiger partial charge in [-0.05, 0) is 0 Å². The molecule has 0 saturated carbocycles. The van der Waals surface area contributed by atoms with Crippen LogP contribution < -0.4 is 0 Å². The van der Waals surface area contributed by atoms with E-state index in [1.807, 2.05) is 13.8 Å². The summed E-state index contributed by atoms with van der Waals surface area (Å²) in [6.45, 7) is 7.52. The lowest BCUT2D eigenvalue weighted by Crippen LogP contribution is -2.57. The van der Waals surface area contributed by atoms with Gasteiger partial charge in [-0.15, -0.1) is 0 Å². The van der Waals surface area contributed by atoms with Crippen molar-refractivity contribution in [2.75, 3.05) is 13.2 Å². The van der Waals surface area contributed by atoms with E-state index < -0.39 is 20.5 Å². The quantitative estimate of drug-likeness (QED) is 0.701. The van der Waals surface area contributed by atoms with Gasteiger partial charge in [0, 0.05) is 19.4 Å². The van der Waals surface area contributed by atoms with E-state index in [0.29, 0.717) is 13.2 Å². The molecule has 1 rings (SSSR count). The number of carbonyl (C=O) groups excluding carboxylic acids is 2. The zero-order valence-electron chi connectivity index (χ0n) is 10.1. The third-order valence-corrected chi connectivity index (χ3v) is 6.91. The van der Waals surface area contributed by atoms with Crippen LogP contribution in [0.4, 0.5) is 0 Å². The lowest BCUT2D eigenvalue weighted by molar-refractivity contribution is -0.141. The average molecular weight is 246 g/mol. The fourth-order valence-electron chi connectivity index (χ4n) is 1.81. The van der Waals surface area contributed by atoms with Gasteiger partial charge < -0.3 is 13.6 Å². The Bertz CT molecular complexity index is 269. The van der Waals surface area contributed by atoms with E-state index in [9.17, 15) is 9.59 Å². The molecule has 0 spiro atoms. The molecule has 0 unspecified atom stereocenters. The fourth-order valence-corrected chi connectivity index (χ4v) is 5.20. The lowest BCUT2D eigenvalue weighted by Gasteiger charge is -2.41. The van der Waals surface area contributed by atoms with E-state index in [1.165, 1.54) is 13.8 Å². The number of rotatable bonds is 4. The molecule has 0 aromatic rings. The molecule has 1 aliphatic rings. The molecular formula is C10H18O5Si. The molecule has 0 atom stereocenters. The van der Waals surface area contributed by atoms with Gasteiger partial charge in [-0.2, -0.15) is 0 Å². The van der Waals surface area contributed by atoms with Crippen LogP contribution in [0.3, 0.4) is 0 Å². The minimum Gasteiger partial charge on any atom is -0.485 e. The summed E-state index contributed by atoms with van der Waals surface area (Å²) in [6, 6.07) is 0. The highest BCUT2D eigenvalue weighted by Gasteiger charge is 2.57. The van der Waals surface area contributed by atoms with E-state index in [1.54, 1.807) is 0 Å². The third-order valence-electron chi connectivity index (χ3n) is 2.62. The lowest BCUT2D eigenvalue weighted by atomic mass is 10.4. The Morgan fingerprint density at radius 2 is 1.62 bits per heavy atom. The molecule has 5 nitrogen and oxygen atoms in total. The molecule has 0 aliphatic carbocycles. The van der Waals surface area contributed by atoms with Gasteiger partial charge in [0.2, 0.25) is 0 Å². The summed E-state index contributed by atoms with van der Waals surface area (Å²) < 4.78 is 15.9. The second-order valence-corrected chi connectivity index (χ2v) is 8.12. The SMILES string of the molecule is CC(=O)O[Si](OC(C)=O)(C(C)C)C1COC1. The summed E-state index contributed by atoms with van der Waals surface area (Å²) in [5.41, 5.74) is 0.0782. The molecule has 0 aromatic carbocycles. The van der Waals surface area contributed by atoms with E-state index >= 15 is 0 Å². The fraction of sp³-hybridized carbons (Fsp3) is 0.800. The van der Waals surface area contributed by atoms with Crippen LogP contribution in [0.2, 0.25) is 11.1 Å². The van der Waals surface area contributed by atoms with Gasteiger partial charge >= 0.3 is 8.56 Å². The Morgan fingerprint density at radius 3 is 1.81 bits per heavy atom. The maximum Gasteiger partial charge on any atom is 0.474 e. The Kier molecular flexibility index (Phi) is 4.09. The molecular weight excluding hydrogens is 228 g/mol. The first kappa shape index (κ1) is 13.2. The van der Waals surface area contributed by atoms with Gasteiger partial charge in [-0.3, -0.25) is 9.59 Å². The predicted octanol–water partition coefficient (Wildman–Crippen LogP) is 1.37. The Labute approximate surface area is 96.3 Å². The van der Waals surface area contributed by atoms with Crippen LogP contribution in [-0.2, 0) is 23.2 Å². The van der Waals surface area contributed by atoms with Crippen molar-refractivity contribution in [1.82, 2.24) is 0 Å². The van der Waals surface area contributed by atoms with Crippen molar-refractivity contribution in [3.8, 4) is 0 Å². The van der Waals surface area contributed by atoms with E-state index in [0.717, 1.165) is 0 Å². The van der Waals surface area contributed by atoms with Crippen LogP contribution >= 0.6 is 0 Å². The first-order valence-corrected chi connectivity index (χ1v) is 7.32. The molecule has 1 fully saturated rings. The van der Waals surface area contributed by atoms with Crippen LogP contribution in [0.1, 0.15) is 27.7 Å². The van der Waals surface area contributed by atoms with E-state index in [4.69, 9.17) is 13.6 Å². The second-order valence-electron chi connectivity index (χ2n) is 4.30. The van der Waals surface area contributed by atoms with Crippen molar-refractivity contribution >= 4 is 20.5 Å². The Morgan fingerprint density at radius 1 is 1.19 bits per heavy atom. The minimum atomic E-state index is -2.84. The summed E-state index contributed by atoms with van der Waals surface area (Å²) in [5, 5.41) is 0. The zero-order chi connectivity index (χ0) is 12.3. The Hall–Kier alpha value is -0.883. The molecule has 0 bridgehead atoms. The van der Waals surface area contributed by atoms with Gasteiger partial charge in [0.05, 0.1) is 18.8 Å². The standard InChI is InChI=1S/C10H18O5Si/c1-7(2)16(14-8(3)11,15-9(4)12)10-5-13-6-10/h7,10H,5-6H2,1-4H3. The normalized spacial score (nSPS) is 16.8. The van der Waals surface area contributed by atoms with Gasteiger partial charge in [-0.25, -0.2) is 0 Å². The van der Waals surface area contributed by atoms with Crippen LogP contribution in [0, 0.1) is 0 Å². The van der Waals surface area contributed by atoms with Crippen LogP contribution in [0.25, 0.3) is 0 Å². The van der Waals surface area contributed by atoms with Crippen molar-refractivity contribution in [2.45, 2.75) is 38.8 Å². The highest BCUT2D eigenvalue weighted by atomic mass is 28.4. The molecule has 92 valence electrons. The topological polar surface area (TPSA) is 61.8 Å². The minimum absolute atomic E-state index is 0.0224. The van der Waals surface area contributed by atoms with Crippen LogP contribution in [-0.4, -0.2) is 33.7 Å². The summed E-state index contributed by atoms with van der Waals surface area (Å²) in [5.74, 6) is -0.790. The smallest absolute Gasteiger partial charge is 0.474 e. The number of ether oxygens (including phenoxy) is 1. The molecule has 6 heteroatoms. The van der Waals surface area contributed by atoms with Crippen molar-refractivity contribution in [3.63, 3.8) is 0 Å². The van der Waals surface area contributed by atoms with E-state index in [2.05, 4.69) is 0 Å². The summed E-state index contributed by atoms with van der Waals surface area (Å²) >= 11 is 0.